The van der Waals surface area contributed by atoms with Crippen LogP contribution in [0.4, 0.5) is 10.1 Å². The SMILES string of the molecule is CO[C@@H](C1=CC([C@H](C)[C@@H](C)S(N)(=O)=O)C1)[C@@H]1CC[C@H]1CN1Cc2cc(F)c(Cl)cc2CCCCOc2ccc(C(O)O)cc21. The molecule has 242 valence electrons. The van der Waals surface area contributed by atoms with Crippen molar-refractivity contribution in [2.24, 2.45) is 28.8 Å². The molecule has 0 saturated heterocycles. The number of fused-ring (bicyclic) bond motifs is 2. The van der Waals surface area contributed by atoms with Crippen molar-refractivity contribution in [2.75, 3.05) is 25.2 Å². The van der Waals surface area contributed by atoms with E-state index in [2.05, 4.69) is 11.0 Å². The van der Waals surface area contributed by atoms with Crippen LogP contribution in [0.25, 0.3) is 0 Å². The maximum absolute atomic E-state index is 14.8. The Labute approximate surface area is 265 Å². The minimum absolute atomic E-state index is 0.0872. The highest BCUT2D eigenvalue weighted by molar-refractivity contribution is 7.89. The third-order valence-electron chi connectivity index (χ3n) is 10.1. The Morgan fingerprint density at radius 2 is 1.91 bits per heavy atom. The van der Waals surface area contributed by atoms with Crippen LogP contribution < -0.4 is 14.8 Å². The highest BCUT2D eigenvalue weighted by Gasteiger charge is 2.43. The van der Waals surface area contributed by atoms with Crippen molar-refractivity contribution >= 4 is 27.3 Å². The number of sulfonamides is 1. The van der Waals surface area contributed by atoms with Gasteiger partial charge in [0.2, 0.25) is 10.0 Å². The quantitative estimate of drug-likeness (QED) is 0.243. The Kier molecular flexibility index (Phi) is 10.3. The molecule has 44 heavy (non-hydrogen) atoms. The topological polar surface area (TPSA) is 122 Å². The van der Waals surface area contributed by atoms with Gasteiger partial charge in [0.25, 0.3) is 0 Å². The molecule has 0 spiro atoms. The number of allylic oxidation sites excluding steroid dienone is 1. The zero-order valence-electron chi connectivity index (χ0n) is 25.6. The third-order valence-corrected chi connectivity index (χ3v) is 11.9. The lowest BCUT2D eigenvalue weighted by Crippen LogP contribution is -2.46. The highest BCUT2D eigenvalue weighted by atomic mass is 35.5. The number of rotatable bonds is 9. The number of primary sulfonamides is 1. The zero-order valence-corrected chi connectivity index (χ0v) is 27.2. The molecule has 0 radical (unpaired) electrons. The summed E-state index contributed by atoms with van der Waals surface area (Å²) in [4.78, 5) is 2.16. The molecule has 1 aliphatic heterocycles. The molecule has 6 atom stereocenters. The molecule has 1 heterocycles. The standard InChI is InChI=1S/C33H44ClFN2O6S/c1-19(20(2)44(36,40)41)24-12-25(13-24)32(42-3)27-9-7-23(27)17-37-18-26-15-29(35)28(34)14-21(26)6-4-5-11-43-31-10-8-22(33(38)39)16-30(31)37/h8,10,12,14-16,19-20,23-24,27,32-33,38-39H,4-7,9,11,13,17-18H2,1-3H3,(H2,36,40,41)/t19-,20-,23+,24?,27-,32+/m1/s1. The van der Waals surface area contributed by atoms with Crippen molar-refractivity contribution < 1.29 is 32.5 Å². The number of ether oxygens (including phenoxy) is 2. The Morgan fingerprint density at radius 3 is 2.55 bits per heavy atom. The van der Waals surface area contributed by atoms with Crippen molar-refractivity contribution in [1.82, 2.24) is 0 Å². The maximum atomic E-state index is 14.8. The van der Waals surface area contributed by atoms with Gasteiger partial charge in [-0.2, -0.15) is 0 Å². The number of halogens is 2. The van der Waals surface area contributed by atoms with Crippen molar-refractivity contribution in [3.8, 4) is 5.75 Å². The second kappa shape index (κ2) is 13.6. The lowest BCUT2D eigenvalue weighted by atomic mass is 9.64. The monoisotopic (exact) mass is 650 g/mol. The van der Waals surface area contributed by atoms with Crippen LogP contribution in [0.15, 0.2) is 42.0 Å². The number of benzene rings is 2. The first-order valence-corrected chi connectivity index (χ1v) is 17.5. The average molecular weight is 651 g/mol. The van der Waals surface area contributed by atoms with Gasteiger partial charge in [-0.1, -0.05) is 30.7 Å². The summed E-state index contributed by atoms with van der Waals surface area (Å²) in [6.45, 7) is 5.13. The molecule has 3 aliphatic rings. The number of nitrogens with zero attached hydrogens (tertiary/aromatic N) is 1. The van der Waals surface area contributed by atoms with Crippen LogP contribution in [0.5, 0.6) is 5.75 Å². The van der Waals surface area contributed by atoms with E-state index in [1.54, 1.807) is 38.3 Å². The van der Waals surface area contributed by atoms with E-state index in [4.69, 9.17) is 26.2 Å². The van der Waals surface area contributed by atoms with E-state index in [9.17, 15) is 23.0 Å². The number of hydrogen-bond acceptors (Lipinski definition) is 7. The first-order chi connectivity index (χ1) is 20.9. The average Bonchev–Trinajstić information content (AvgIpc) is 2.96. The molecule has 2 aromatic carbocycles. The summed E-state index contributed by atoms with van der Waals surface area (Å²) in [5.74, 6) is 0.716. The van der Waals surface area contributed by atoms with Crippen molar-refractivity contribution in [3.05, 3.63) is 69.5 Å². The van der Waals surface area contributed by atoms with Gasteiger partial charge in [0.1, 0.15) is 11.6 Å². The largest absolute Gasteiger partial charge is 0.491 e. The Bertz CT molecular complexity index is 1480. The van der Waals surface area contributed by atoms with Gasteiger partial charge in [-0.15, -0.1) is 0 Å². The van der Waals surface area contributed by atoms with E-state index >= 15 is 0 Å². The molecule has 0 aromatic heterocycles. The maximum Gasteiger partial charge on any atom is 0.211 e. The molecular formula is C33H44ClFN2O6S. The van der Waals surface area contributed by atoms with Gasteiger partial charge < -0.3 is 24.6 Å². The van der Waals surface area contributed by atoms with Gasteiger partial charge in [0.05, 0.1) is 28.7 Å². The molecular weight excluding hydrogens is 607 g/mol. The summed E-state index contributed by atoms with van der Waals surface area (Å²) in [5.41, 5.74) is 4.11. The molecule has 1 unspecified atom stereocenters. The minimum Gasteiger partial charge on any atom is -0.491 e. The first kappa shape index (κ1) is 33.2. The summed E-state index contributed by atoms with van der Waals surface area (Å²) in [7, 11) is -1.89. The van der Waals surface area contributed by atoms with Crippen molar-refractivity contribution in [3.63, 3.8) is 0 Å². The number of aryl methyl sites for hydroxylation is 1. The summed E-state index contributed by atoms with van der Waals surface area (Å²) in [5, 5.41) is 24.9. The van der Waals surface area contributed by atoms with Crippen LogP contribution in [0.3, 0.4) is 0 Å². The van der Waals surface area contributed by atoms with E-state index in [0.717, 1.165) is 55.3 Å². The van der Waals surface area contributed by atoms with Gasteiger partial charge in [0.15, 0.2) is 6.29 Å². The molecule has 5 rings (SSSR count). The number of hydrogen-bond donors (Lipinski definition) is 3. The number of methoxy groups -OCH3 is 1. The molecule has 4 N–H and O–H groups in total. The van der Waals surface area contributed by atoms with Crippen LogP contribution in [-0.2, 0) is 27.7 Å². The van der Waals surface area contributed by atoms with Gasteiger partial charge in [-0.05, 0) is 110 Å². The number of aliphatic hydroxyl groups excluding tert-OH is 1. The fourth-order valence-corrected chi connectivity index (χ4v) is 7.93. The molecule has 2 aliphatic carbocycles. The van der Waals surface area contributed by atoms with E-state index in [-0.39, 0.29) is 34.8 Å². The highest BCUT2D eigenvalue weighted by Crippen LogP contribution is 2.47. The molecule has 1 fully saturated rings. The van der Waals surface area contributed by atoms with E-state index in [1.165, 1.54) is 11.6 Å². The minimum atomic E-state index is -3.61. The van der Waals surface area contributed by atoms with Gasteiger partial charge in [-0.25, -0.2) is 17.9 Å². The zero-order chi connectivity index (χ0) is 31.8. The fourth-order valence-electron chi connectivity index (χ4n) is 6.94. The predicted molar refractivity (Wildman–Crippen MR) is 169 cm³/mol. The smallest absolute Gasteiger partial charge is 0.211 e. The number of anilines is 1. The summed E-state index contributed by atoms with van der Waals surface area (Å²) >= 11 is 6.20. The summed E-state index contributed by atoms with van der Waals surface area (Å²) in [6, 6.07) is 8.42. The molecule has 11 heteroatoms. The van der Waals surface area contributed by atoms with E-state index in [0.29, 0.717) is 31.0 Å². The Hall–Kier alpha value is -2.21. The Balaban J connectivity index is 1.43. The van der Waals surface area contributed by atoms with Gasteiger partial charge in [-0.3, -0.25) is 0 Å². The second-order valence-electron chi connectivity index (χ2n) is 12.7. The Morgan fingerprint density at radius 1 is 1.16 bits per heavy atom. The second-order valence-corrected chi connectivity index (χ2v) is 15.1. The molecule has 1 saturated carbocycles. The third kappa shape index (κ3) is 7.11. The van der Waals surface area contributed by atoms with E-state index in [1.807, 2.05) is 6.92 Å². The molecule has 2 aromatic rings. The number of aliphatic hydroxyl groups is 2. The van der Waals surface area contributed by atoms with Gasteiger partial charge in [0, 0.05) is 25.8 Å². The van der Waals surface area contributed by atoms with Crippen LogP contribution in [0, 0.1) is 29.5 Å². The van der Waals surface area contributed by atoms with Crippen LogP contribution in [0.1, 0.15) is 68.9 Å². The summed E-state index contributed by atoms with van der Waals surface area (Å²) < 4.78 is 50.9. The van der Waals surface area contributed by atoms with Crippen LogP contribution >= 0.6 is 11.6 Å². The first-order valence-electron chi connectivity index (χ1n) is 15.5. The fraction of sp³-hybridized carbons (Fsp3) is 0.576. The lowest BCUT2D eigenvalue weighted by molar-refractivity contribution is -0.0424. The molecule has 8 nitrogen and oxygen atoms in total. The van der Waals surface area contributed by atoms with Crippen molar-refractivity contribution in [2.45, 2.75) is 76.6 Å². The molecule has 0 amide bonds. The predicted octanol–water partition coefficient (Wildman–Crippen LogP) is 5.48. The number of nitrogens with two attached hydrogens (primary N) is 1. The van der Waals surface area contributed by atoms with Crippen molar-refractivity contribution in [1.29, 1.82) is 0 Å². The lowest BCUT2D eigenvalue weighted by Gasteiger charge is -2.47. The van der Waals surface area contributed by atoms with Gasteiger partial charge >= 0.3 is 0 Å². The summed E-state index contributed by atoms with van der Waals surface area (Å²) in [6.07, 6.45) is 5.59. The van der Waals surface area contributed by atoms with E-state index < -0.39 is 27.4 Å². The molecule has 0 bridgehead atoms. The van der Waals surface area contributed by atoms with Crippen LogP contribution in [-0.4, -0.2) is 50.2 Å². The van der Waals surface area contributed by atoms with Crippen LogP contribution in [0.2, 0.25) is 5.02 Å². The normalized spacial score (nSPS) is 24.4.